The van der Waals surface area contributed by atoms with Crippen LogP contribution in [0.5, 0.6) is 5.75 Å². The van der Waals surface area contributed by atoms with Gasteiger partial charge < -0.3 is 14.8 Å². The molecule has 2 aromatic carbocycles. The van der Waals surface area contributed by atoms with Gasteiger partial charge in [0.05, 0.1) is 19.8 Å². The Balaban J connectivity index is 1.87. The number of carbonyl (C=O) groups is 2. The third kappa shape index (κ3) is 5.71. The summed E-state index contributed by atoms with van der Waals surface area (Å²) < 4.78 is 9.71. The van der Waals surface area contributed by atoms with E-state index in [4.69, 9.17) is 17.0 Å². The molecule has 0 unspecified atom stereocenters. The largest absolute Gasteiger partial charge is 0.497 e. The molecule has 0 aliphatic heterocycles. The molecule has 0 saturated heterocycles. The van der Waals surface area contributed by atoms with Crippen molar-refractivity contribution >= 4 is 41.0 Å². The van der Waals surface area contributed by atoms with Crippen LogP contribution in [0, 0.1) is 0 Å². The van der Waals surface area contributed by atoms with Crippen LogP contribution in [0.4, 0.5) is 5.69 Å². The number of hydrogen-bond donors (Lipinski definition) is 2. The van der Waals surface area contributed by atoms with Crippen LogP contribution in [0.25, 0.3) is 6.08 Å². The standard InChI is InChI=1S/C19H18N2O4S/c1-24-16-10-3-13(4-11-16)5-12-17(22)21-19(26)20-15-8-6-14(7-9-15)18(23)25-2/h3-12H,1-2H3,(H2,20,21,22,26)/b12-5+. The third-order valence-electron chi connectivity index (χ3n) is 3.34. The lowest BCUT2D eigenvalue weighted by molar-refractivity contribution is -0.115. The summed E-state index contributed by atoms with van der Waals surface area (Å²) in [7, 11) is 2.91. The summed E-state index contributed by atoms with van der Waals surface area (Å²) in [6, 6.07) is 13.8. The second-order valence-corrected chi connectivity index (χ2v) is 5.53. The molecule has 0 atom stereocenters. The Morgan fingerprint density at radius 1 is 1.00 bits per heavy atom. The lowest BCUT2D eigenvalue weighted by Gasteiger charge is -2.08. The van der Waals surface area contributed by atoms with Crippen LogP contribution in [0.2, 0.25) is 0 Å². The van der Waals surface area contributed by atoms with Gasteiger partial charge in [0, 0.05) is 11.8 Å². The van der Waals surface area contributed by atoms with E-state index in [1.165, 1.54) is 13.2 Å². The first-order valence-corrected chi connectivity index (χ1v) is 8.05. The molecule has 2 rings (SSSR count). The van der Waals surface area contributed by atoms with Crippen molar-refractivity contribution in [3.8, 4) is 5.75 Å². The molecule has 6 nitrogen and oxygen atoms in total. The number of rotatable bonds is 5. The molecule has 0 aliphatic carbocycles. The van der Waals surface area contributed by atoms with E-state index in [9.17, 15) is 9.59 Å². The third-order valence-corrected chi connectivity index (χ3v) is 3.55. The van der Waals surface area contributed by atoms with E-state index >= 15 is 0 Å². The Morgan fingerprint density at radius 2 is 1.65 bits per heavy atom. The van der Waals surface area contributed by atoms with E-state index in [1.807, 2.05) is 24.3 Å². The van der Waals surface area contributed by atoms with Crippen LogP contribution in [0.15, 0.2) is 54.6 Å². The van der Waals surface area contributed by atoms with Gasteiger partial charge in [0.2, 0.25) is 5.91 Å². The molecule has 2 aromatic rings. The summed E-state index contributed by atoms with van der Waals surface area (Å²) in [5.74, 6) is -0.0317. The summed E-state index contributed by atoms with van der Waals surface area (Å²) in [5, 5.41) is 5.57. The fourth-order valence-electron chi connectivity index (χ4n) is 2.01. The number of nitrogens with one attached hydrogen (secondary N) is 2. The van der Waals surface area contributed by atoms with Crippen LogP contribution in [0.1, 0.15) is 15.9 Å². The predicted octanol–water partition coefficient (Wildman–Crippen LogP) is 3.01. The fourth-order valence-corrected chi connectivity index (χ4v) is 2.23. The first-order valence-electron chi connectivity index (χ1n) is 7.64. The molecule has 26 heavy (non-hydrogen) atoms. The SMILES string of the molecule is COC(=O)c1ccc(NC(=S)NC(=O)/C=C/c2ccc(OC)cc2)cc1. The molecule has 0 bridgehead atoms. The molecule has 0 aromatic heterocycles. The van der Waals surface area contributed by atoms with Crippen molar-refractivity contribution in [3.63, 3.8) is 0 Å². The van der Waals surface area contributed by atoms with Crippen molar-refractivity contribution < 1.29 is 19.1 Å². The molecule has 1 amide bonds. The highest BCUT2D eigenvalue weighted by Gasteiger charge is 2.06. The Kier molecular flexibility index (Phi) is 6.87. The summed E-state index contributed by atoms with van der Waals surface area (Å²) >= 11 is 5.10. The zero-order valence-corrected chi connectivity index (χ0v) is 15.1. The van der Waals surface area contributed by atoms with Gasteiger partial charge in [-0.05, 0) is 60.3 Å². The molecule has 0 radical (unpaired) electrons. The summed E-state index contributed by atoms with van der Waals surface area (Å²) in [5.41, 5.74) is 1.93. The van der Waals surface area contributed by atoms with Gasteiger partial charge in [-0.25, -0.2) is 4.79 Å². The maximum Gasteiger partial charge on any atom is 0.337 e. The quantitative estimate of drug-likeness (QED) is 0.479. The molecular weight excluding hydrogens is 352 g/mol. The zero-order valence-electron chi connectivity index (χ0n) is 14.3. The maximum atomic E-state index is 11.9. The molecule has 0 fully saturated rings. The van der Waals surface area contributed by atoms with E-state index in [1.54, 1.807) is 37.5 Å². The van der Waals surface area contributed by atoms with Crippen LogP contribution in [-0.2, 0) is 9.53 Å². The second-order valence-electron chi connectivity index (χ2n) is 5.12. The number of thiocarbonyl (C=S) groups is 1. The van der Waals surface area contributed by atoms with Gasteiger partial charge in [0.25, 0.3) is 0 Å². The van der Waals surface area contributed by atoms with Gasteiger partial charge in [-0.15, -0.1) is 0 Å². The number of hydrogen-bond acceptors (Lipinski definition) is 5. The normalized spacial score (nSPS) is 10.2. The number of carbonyl (C=O) groups excluding carboxylic acids is 2. The first kappa shape index (κ1) is 19.1. The highest BCUT2D eigenvalue weighted by molar-refractivity contribution is 7.80. The van der Waals surface area contributed by atoms with Crippen LogP contribution in [0.3, 0.4) is 0 Å². The van der Waals surface area contributed by atoms with Gasteiger partial charge in [-0.2, -0.15) is 0 Å². The molecule has 0 saturated carbocycles. The summed E-state index contributed by atoms with van der Waals surface area (Å²) in [6.07, 6.45) is 3.05. The minimum Gasteiger partial charge on any atom is -0.497 e. The van der Waals surface area contributed by atoms with Crippen molar-refractivity contribution in [2.45, 2.75) is 0 Å². The van der Waals surface area contributed by atoms with Gasteiger partial charge in [-0.3, -0.25) is 10.1 Å². The van der Waals surface area contributed by atoms with E-state index < -0.39 is 5.97 Å². The first-order chi connectivity index (χ1) is 12.5. The monoisotopic (exact) mass is 370 g/mol. The fraction of sp³-hybridized carbons (Fsp3) is 0.105. The number of amides is 1. The Labute approximate surface area is 156 Å². The number of methoxy groups -OCH3 is 2. The number of ether oxygens (including phenoxy) is 2. The number of benzene rings is 2. The number of esters is 1. The summed E-state index contributed by atoms with van der Waals surface area (Å²) in [4.78, 5) is 23.3. The van der Waals surface area contributed by atoms with Crippen molar-refractivity contribution in [1.29, 1.82) is 0 Å². The second kappa shape index (κ2) is 9.33. The molecule has 0 heterocycles. The van der Waals surface area contributed by atoms with Crippen molar-refractivity contribution in [2.75, 3.05) is 19.5 Å². The van der Waals surface area contributed by atoms with Crippen LogP contribution in [-0.4, -0.2) is 31.2 Å². The predicted molar refractivity (Wildman–Crippen MR) is 104 cm³/mol. The Morgan fingerprint density at radius 3 is 2.23 bits per heavy atom. The van der Waals surface area contributed by atoms with Crippen molar-refractivity contribution in [3.05, 3.63) is 65.7 Å². The smallest absolute Gasteiger partial charge is 0.337 e. The molecule has 0 aliphatic rings. The maximum absolute atomic E-state index is 11.9. The average Bonchev–Trinajstić information content (AvgIpc) is 2.66. The van der Waals surface area contributed by atoms with Gasteiger partial charge >= 0.3 is 5.97 Å². The molecule has 7 heteroatoms. The lowest BCUT2D eigenvalue weighted by atomic mass is 10.2. The topological polar surface area (TPSA) is 76.7 Å². The highest BCUT2D eigenvalue weighted by Crippen LogP contribution is 2.12. The van der Waals surface area contributed by atoms with Crippen LogP contribution < -0.4 is 15.4 Å². The minimum atomic E-state index is -0.420. The molecule has 134 valence electrons. The Bertz CT molecular complexity index is 814. The van der Waals surface area contributed by atoms with E-state index in [2.05, 4.69) is 15.4 Å². The van der Waals surface area contributed by atoms with E-state index in [-0.39, 0.29) is 11.0 Å². The van der Waals surface area contributed by atoms with E-state index in [0.717, 1.165) is 11.3 Å². The highest BCUT2D eigenvalue weighted by atomic mass is 32.1. The van der Waals surface area contributed by atoms with Gasteiger partial charge in [0.1, 0.15) is 5.75 Å². The molecule has 2 N–H and O–H groups in total. The number of anilines is 1. The van der Waals surface area contributed by atoms with Crippen molar-refractivity contribution in [2.24, 2.45) is 0 Å². The average molecular weight is 370 g/mol. The van der Waals surface area contributed by atoms with Gasteiger partial charge in [-0.1, -0.05) is 12.1 Å². The zero-order chi connectivity index (χ0) is 18.9. The van der Waals surface area contributed by atoms with Gasteiger partial charge in [0.15, 0.2) is 5.11 Å². The van der Waals surface area contributed by atoms with Crippen LogP contribution >= 0.6 is 12.2 Å². The minimum absolute atomic E-state index is 0.153. The lowest BCUT2D eigenvalue weighted by Crippen LogP contribution is -2.32. The molecule has 0 spiro atoms. The Hall–Kier alpha value is -3.19. The molecular formula is C19H18N2O4S. The van der Waals surface area contributed by atoms with Crippen molar-refractivity contribution in [1.82, 2.24) is 5.32 Å². The van der Waals surface area contributed by atoms with E-state index in [0.29, 0.717) is 11.3 Å². The summed E-state index contributed by atoms with van der Waals surface area (Å²) in [6.45, 7) is 0.